The van der Waals surface area contributed by atoms with E-state index < -0.39 is 5.91 Å². The summed E-state index contributed by atoms with van der Waals surface area (Å²) in [6, 6.07) is 18.3. The Bertz CT molecular complexity index is 999. The summed E-state index contributed by atoms with van der Waals surface area (Å²) in [6.07, 6.45) is 0. The van der Waals surface area contributed by atoms with Gasteiger partial charge in [-0.05, 0) is 58.8 Å². The zero-order valence-corrected chi connectivity index (χ0v) is 15.8. The van der Waals surface area contributed by atoms with E-state index >= 15 is 0 Å². The Balaban J connectivity index is 1.59. The Kier molecular flexibility index (Phi) is 5.79. The number of likely N-dealkylation sites (N-methyl/N-ethyl adjacent to an activating group) is 1. The fourth-order valence-corrected chi connectivity index (χ4v) is 2.83. The molecule has 6 nitrogen and oxygen atoms in total. The number of fused-ring (bicyclic) bond motifs is 1. The average Bonchev–Trinajstić information content (AvgIpc) is 2.71. The molecule has 0 saturated carbocycles. The van der Waals surface area contributed by atoms with Crippen LogP contribution < -0.4 is 15.2 Å². The molecule has 0 radical (unpaired) electrons. The zero-order chi connectivity index (χ0) is 20.1. The standard InChI is InChI=1S/C22H22N2O4/c1-24(21(25)14-28-19-8-5-16(6-9-19)22(23)26)13-15-3-4-18-12-20(27-2)10-7-17(18)11-15/h3-12H,13-14H2,1-2H3,(H2,23,26). The van der Waals surface area contributed by atoms with Crippen molar-refractivity contribution >= 4 is 22.6 Å². The topological polar surface area (TPSA) is 81.9 Å². The monoisotopic (exact) mass is 378 g/mol. The van der Waals surface area contributed by atoms with Gasteiger partial charge in [-0.3, -0.25) is 9.59 Å². The molecule has 0 heterocycles. The van der Waals surface area contributed by atoms with E-state index in [1.807, 2.05) is 30.3 Å². The third-order valence-electron chi connectivity index (χ3n) is 4.46. The first-order valence-electron chi connectivity index (χ1n) is 8.79. The van der Waals surface area contributed by atoms with Gasteiger partial charge in [0.05, 0.1) is 7.11 Å². The van der Waals surface area contributed by atoms with Crippen LogP contribution in [0.25, 0.3) is 10.8 Å². The van der Waals surface area contributed by atoms with Gasteiger partial charge in [0.1, 0.15) is 11.5 Å². The fraction of sp³-hybridized carbons (Fsp3) is 0.182. The first kappa shape index (κ1) is 19.2. The molecule has 3 aromatic carbocycles. The van der Waals surface area contributed by atoms with Crippen molar-refractivity contribution in [3.05, 3.63) is 71.8 Å². The van der Waals surface area contributed by atoms with E-state index in [0.29, 0.717) is 17.9 Å². The molecule has 3 aromatic rings. The van der Waals surface area contributed by atoms with Crippen LogP contribution in [0, 0.1) is 0 Å². The minimum Gasteiger partial charge on any atom is -0.497 e. The summed E-state index contributed by atoms with van der Waals surface area (Å²) in [6.45, 7) is 0.391. The van der Waals surface area contributed by atoms with Gasteiger partial charge in [0, 0.05) is 19.2 Å². The SMILES string of the molecule is COc1ccc2cc(CN(C)C(=O)COc3ccc(C(N)=O)cc3)ccc2c1. The molecule has 6 heteroatoms. The average molecular weight is 378 g/mol. The van der Waals surface area contributed by atoms with Crippen LogP contribution in [0.1, 0.15) is 15.9 Å². The summed E-state index contributed by atoms with van der Waals surface area (Å²) in [5.74, 6) is 0.671. The number of methoxy groups -OCH3 is 1. The van der Waals surface area contributed by atoms with Crippen LogP contribution >= 0.6 is 0 Å². The van der Waals surface area contributed by atoms with Crippen LogP contribution in [-0.4, -0.2) is 37.5 Å². The Morgan fingerprint density at radius 2 is 1.57 bits per heavy atom. The van der Waals surface area contributed by atoms with Crippen molar-refractivity contribution in [1.82, 2.24) is 4.90 Å². The molecule has 0 spiro atoms. The van der Waals surface area contributed by atoms with Gasteiger partial charge >= 0.3 is 0 Å². The van der Waals surface area contributed by atoms with Crippen molar-refractivity contribution in [3.63, 3.8) is 0 Å². The number of hydrogen-bond donors (Lipinski definition) is 1. The first-order valence-corrected chi connectivity index (χ1v) is 8.79. The van der Waals surface area contributed by atoms with E-state index in [-0.39, 0.29) is 12.5 Å². The molecule has 3 rings (SSSR count). The van der Waals surface area contributed by atoms with E-state index in [2.05, 4.69) is 6.07 Å². The molecule has 0 aromatic heterocycles. The molecule has 0 aliphatic carbocycles. The van der Waals surface area contributed by atoms with Crippen molar-refractivity contribution in [1.29, 1.82) is 0 Å². The summed E-state index contributed by atoms with van der Waals surface area (Å²) in [5, 5.41) is 2.17. The summed E-state index contributed by atoms with van der Waals surface area (Å²) >= 11 is 0. The van der Waals surface area contributed by atoms with E-state index in [1.165, 1.54) is 0 Å². The molecular formula is C22H22N2O4. The van der Waals surface area contributed by atoms with Crippen LogP contribution in [0.15, 0.2) is 60.7 Å². The summed E-state index contributed by atoms with van der Waals surface area (Å²) < 4.78 is 10.7. The van der Waals surface area contributed by atoms with Gasteiger partial charge < -0.3 is 20.1 Å². The lowest BCUT2D eigenvalue weighted by atomic mass is 10.1. The molecule has 0 atom stereocenters. The zero-order valence-electron chi connectivity index (χ0n) is 15.8. The van der Waals surface area contributed by atoms with Gasteiger partial charge in [-0.1, -0.05) is 18.2 Å². The Morgan fingerprint density at radius 1 is 0.929 bits per heavy atom. The van der Waals surface area contributed by atoms with Crippen molar-refractivity contribution < 1.29 is 19.1 Å². The predicted molar refractivity (Wildman–Crippen MR) is 107 cm³/mol. The predicted octanol–water partition coefficient (Wildman–Crippen LogP) is 2.98. The summed E-state index contributed by atoms with van der Waals surface area (Å²) in [5.41, 5.74) is 6.62. The van der Waals surface area contributed by atoms with Crippen LogP contribution in [0.5, 0.6) is 11.5 Å². The molecule has 0 unspecified atom stereocenters. The highest BCUT2D eigenvalue weighted by Gasteiger charge is 2.11. The maximum atomic E-state index is 12.4. The number of nitrogens with zero attached hydrogens (tertiary/aromatic N) is 1. The van der Waals surface area contributed by atoms with Gasteiger partial charge in [0.25, 0.3) is 5.91 Å². The lowest BCUT2D eigenvalue weighted by Gasteiger charge is -2.18. The van der Waals surface area contributed by atoms with Crippen molar-refractivity contribution in [2.45, 2.75) is 6.54 Å². The largest absolute Gasteiger partial charge is 0.497 e. The van der Waals surface area contributed by atoms with Crippen molar-refractivity contribution in [2.75, 3.05) is 20.8 Å². The molecule has 0 aliphatic rings. The van der Waals surface area contributed by atoms with Gasteiger partial charge in [-0.15, -0.1) is 0 Å². The van der Waals surface area contributed by atoms with Crippen LogP contribution in [0.4, 0.5) is 0 Å². The molecule has 0 bridgehead atoms. The number of benzene rings is 3. The smallest absolute Gasteiger partial charge is 0.260 e. The van der Waals surface area contributed by atoms with E-state index in [4.69, 9.17) is 15.2 Å². The Labute approximate surface area is 163 Å². The molecule has 0 fully saturated rings. The van der Waals surface area contributed by atoms with Gasteiger partial charge in [0.15, 0.2) is 6.61 Å². The number of primary amides is 1. The Hall–Kier alpha value is -3.54. The number of carbonyl (C=O) groups is 2. The third kappa shape index (κ3) is 4.59. The maximum absolute atomic E-state index is 12.4. The lowest BCUT2D eigenvalue weighted by molar-refractivity contribution is -0.132. The Morgan fingerprint density at radius 3 is 2.25 bits per heavy atom. The number of hydrogen-bond acceptors (Lipinski definition) is 4. The van der Waals surface area contributed by atoms with E-state index in [9.17, 15) is 9.59 Å². The fourth-order valence-electron chi connectivity index (χ4n) is 2.83. The molecule has 28 heavy (non-hydrogen) atoms. The number of ether oxygens (including phenoxy) is 2. The highest BCUT2D eigenvalue weighted by atomic mass is 16.5. The van der Waals surface area contributed by atoms with Crippen LogP contribution in [0.3, 0.4) is 0 Å². The quantitative estimate of drug-likeness (QED) is 0.685. The molecular weight excluding hydrogens is 356 g/mol. The highest BCUT2D eigenvalue weighted by Crippen LogP contribution is 2.22. The molecule has 0 saturated heterocycles. The second-order valence-corrected chi connectivity index (χ2v) is 6.47. The summed E-state index contributed by atoms with van der Waals surface area (Å²) in [4.78, 5) is 25.0. The highest BCUT2D eigenvalue weighted by molar-refractivity contribution is 5.92. The minimum absolute atomic E-state index is 0.0861. The summed E-state index contributed by atoms with van der Waals surface area (Å²) in [7, 11) is 3.38. The number of carbonyl (C=O) groups excluding carboxylic acids is 2. The number of nitrogens with two attached hydrogens (primary N) is 1. The van der Waals surface area contributed by atoms with Crippen LogP contribution in [-0.2, 0) is 11.3 Å². The lowest BCUT2D eigenvalue weighted by Crippen LogP contribution is -2.30. The number of amides is 2. The first-order chi connectivity index (χ1) is 13.5. The molecule has 2 amide bonds. The third-order valence-corrected chi connectivity index (χ3v) is 4.46. The molecule has 2 N–H and O–H groups in total. The normalized spacial score (nSPS) is 10.5. The number of rotatable bonds is 7. The van der Waals surface area contributed by atoms with Crippen LogP contribution in [0.2, 0.25) is 0 Å². The van der Waals surface area contributed by atoms with E-state index in [1.54, 1.807) is 43.3 Å². The maximum Gasteiger partial charge on any atom is 0.260 e. The van der Waals surface area contributed by atoms with E-state index in [0.717, 1.165) is 22.1 Å². The van der Waals surface area contributed by atoms with Gasteiger partial charge in [-0.2, -0.15) is 0 Å². The van der Waals surface area contributed by atoms with Crippen molar-refractivity contribution in [2.24, 2.45) is 5.73 Å². The second-order valence-electron chi connectivity index (χ2n) is 6.47. The van der Waals surface area contributed by atoms with Crippen molar-refractivity contribution in [3.8, 4) is 11.5 Å². The van der Waals surface area contributed by atoms with Gasteiger partial charge in [0.2, 0.25) is 5.91 Å². The second kappa shape index (κ2) is 8.43. The molecule has 0 aliphatic heterocycles. The molecule has 144 valence electrons. The van der Waals surface area contributed by atoms with Gasteiger partial charge in [-0.25, -0.2) is 0 Å². The minimum atomic E-state index is -0.504.